The van der Waals surface area contributed by atoms with Gasteiger partial charge in [0, 0.05) is 22.7 Å². The van der Waals surface area contributed by atoms with E-state index in [2.05, 4.69) is 0 Å². The lowest BCUT2D eigenvalue weighted by Gasteiger charge is -2.51. The van der Waals surface area contributed by atoms with E-state index in [-0.39, 0.29) is 23.9 Å². The van der Waals surface area contributed by atoms with E-state index in [0.29, 0.717) is 25.7 Å². The van der Waals surface area contributed by atoms with Crippen LogP contribution in [0.5, 0.6) is 0 Å². The maximum atomic E-state index is 12.1. The zero-order chi connectivity index (χ0) is 20.5. The van der Waals surface area contributed by atoms with Crippen molar-refractivity contribution in [2.75, 3.05) is 0 Å². The minimum Gasteiger partial charge on any atom is -0.392 e. The molecule has 4 aliphatic carbocycles. The van der Waals surface area contributed by atoms with Gasteiger partial charge in [-0.25, -0.2) is 0 Å². The van der Waals surface area contributed by atoms with Crippen LogP contribution in [0.3, 0.4) is 0 Å². The second kappa shape index (κ2) is 5.32. The zero-order valence-corrected chi connectivity index (χ0v) is 17.7. The highest BCUT2D eigenvalue weighted by molar-refractivity contribution is 5.27. The Bertz CT molecular complexity index is 689. The van der Waals surface area contributed by atoms with E-state index in [1.54, 1.807) is 0 Å². The third-order valence-corrected chi connectivity index (χ3v) is 9.90. The van der Waals surface area contributed by atoms with Gasteiger partial charge in [-0.2, -0.15) is 0 Å². The van der Waals surface area contributed by atoms with Gasteiger partial charge >= 0.3 is 0 Å². The third kappa shape index (κ3) is 1.96. The Kier molecular flexibility index (Phi) is 3.75. The predicted molar refractivity (Wildman–Crippen MR) is 101 cm³/mol. The summed E-state index contributed by atoms with van der Waals surface area (Å²) in [6.45, 7) is 9.60. The second-order valence-electron chi connectivity index (χ2n) is 11.5. The fraction of sp³-hybridized carbons (Fsp3) is 1.00. The Morgan fingerprint density at radius 3 is 2.32 bits per heavy atom. The van der Waals surface area contributed by atoms with Gasteiger partial charge in [-0.1, -0.05) is 13.8 Å². The minimum atomic E-state index is -1.14. The fourth-order valence-corrected chi connectivity index (χ4v) is 8.73. The molecule has 1 saturated heterocycles. The van der Waals surface area contributed by atoms with Gasteiger partial charge < -0.3 is 29.9 Å². The van der Waals surface area contributed by atoms with Crippen molar-refractivity contribution in [3.63, 3.8) is 0 Å². The third-order valence-electron chi connectivity index (χ3n) is 9.90. The van der Waals surface area contributed by atoms with Crippen molar-refractivity contribution in [3.05, 3.63) is 0 Å². The molecule has 6 heteroatoms. The first kappa shape index (κ1) is 19.7. The van der Waals surface area contributed by atoms with Crippen LogP contribution in [0, 0.1) is 28.6 Å². The summed E-state index contributed by atoms with van der Waals surface area (Å²) < 4.78 is 12.8. The van der Waals surface area contributed by atoms with Gasteiger partial charge in [0.1, 0.15) is 5.60 Å². The van der Waals surface area contributed by atoms with Gasteiger partial charge in [0.15, 0.2) is 6.29 Å². The molecule has 6 nitrogen and oxygen atoms in total. The first-order valence-corrected chi connectivity index (χ1v) is 10.9. The highest BCUT2D eigenvalue weighted by atomic mass is 16.7. The van der Waals surface area contributed by atoms with Crippen molar-refractivity contribution >= 4 is 0 Å². The van der Waals surface area contributed by atoms with Gasteiger partial charge in [0.05, 0.1) is 29.5 Å². The van der Waals surface area contributed by atoms with Crippen molar-refractivity contribution in [1.82, 2.24) is 0 Å². The molecule has 5 fully saturated rings. The summed E-state index contributed by atoms with van der Waals surface area (Å²) in [6.07, 6.45) is 0.887. The Hall–Kier alpha value is -0.240. The monoisotopic (exact) mass is 396 g/mol. The molecule has 5 aliphatic rings. The average molecular weight is 397 g/mol. The molecule has 160 valence electrons. The number of ether oxygens (including phenoxy) is 2. The van der Waals surface area contributed by atoms with Gasteiger partial charge in [-0.05, 0) is 58.8 Å². The summed E-state index contributed by atoms with van der Waals surface area (Å²) in [5.74, 6) is -0.637. The largest absolute Gasteiger partial charge is 0.392 e. The molecule has 4 saturated carbocycles. The highest BCUT2D eigenvalue weighted by Gasteiger charge is 2.79. The predicted octanol–water partition coefficient (Wildman–Crippen LogP) is 1.58. The molecule has 0 radical (unpaired) electrons. The van der Waals surface area contributed by atoms with Gasteiger partial charge in [-0.3, -0.25) is 0 Å². The smallest absolute Gasteiger partial charge is 0.156 e. The van der Waals surface area contributed by atoms with E-state index in [1.165, 1.54) is 0 Å². The number of fused-ring (bicyclic) bond motifs is 1. The van der Waals surface area contributed by atoms with Crippen LogP contribution < -0.4 is 0 Å². The number of hydrogen-bond acceptors (Lipinski definition) is 6. The van der Waals surface area contributed by atoms with Crippen molar-refractivity contribution < 1.29 is 29.9 Å². The number of hydrogen-bond donors (Lipinski definition) is 4. The number of aliphatic hydroxyl groups excluding tert-OH is 2. The highest BCUT2D eigenvalue weighted by Crippen LogP contribution is 2.72. The summed E-state index contributed by atoms with van der Waals surface area (Å²) in [6, 6.07) is 0. The van der Waals surface area contributed by atoms with E-state index >= 15 is 0 Å². The SMILES string of the molecule is CC1O[C@@H]2CC34C[C@@](C)(O)C(CC[C@H]3[C@@](C)(O)C3C[C@H](O)C(C)(C)C32O1)[C@@H]4O. The molecule has 2 spiro atoms. The molecule has 1 aliphatic heterocycles. The maximum absolute atomic E-state index is 12.1. The quantitative estimate of drug-likeness (QED) is 0.496. The first-order valence-electron chi connectivity index (χ1n) is 10.9. The molecule has 4 N–H and O–H groups in total. The van der Waals surface area contributed by atoms with Crippen LogP contribution >= 0.6 is 0 Å². The maximum Gasteiger partial charge on any atom is 0.156 e. The van der Waals surface area contributed by atoms with Crippen molar-refractivity contribution in [1.29, 1.82) is 0 Å². The normalized spacial score (nSPS) is 64.8. The average Bonchev–Trinajstić information content (AvgIpc) is 2.99. The molecule has 2 bridgehead atoms. The fourth-order valence-electron chi connectivity index (χ4n) is 8.73. The topological polar surface area (TPSA) is 99.4 Å². The summed E-state index contributed by atoms with van der Waals surface area (Å²) >= 11 is 0. The molecule has 0 aromatic heterocycles. The van der Waals surface area contributed by atoms with Gasteiger partial charge in [0.25, 0.3) is 0 Å². The summed E-state index contributed by atoms with van der Waals surface area (Å²) in [5.41, 5.74) is -4.09. The summed E-state index contributed by atoms with van der Waals surface area (Å²) in [5, 5.41) is 45.5. The van der Waals surface area contributed by atoms with E-state index in [1.807, 2.05) is 34.6 Å². The van der Waals surface area contributed by atoms with E-state index in [0.717, 1.165) is 6.42 Å². The molecule has 0 amide bonds. The molecule has 5 rings (SSSR count). The Labute approximate surface area is 167 Å². The van der Waals surface area contributed by atoms with Crippen LogP contribution in [0.2, 0.25) is 0 Å². The van der Waals surface area contributed by atoms with Crippen molar-refractivity contribution in [3.8, 4) is 0 Å². The Morgan fingerprint density at radius 2 is 1.64 bits per heavy atom. The number of rotatable bonds is 0. The lowest BCUT2D eigenvalue weighted by atomic mass is 9.57. The Morgan fingerprint density at radius 1 is 0.964 bits per heavy atom. The molecule has 28 heavy (non-hydrogen) atoms. The van der Waals surface area contributed by atoms with Crippen LogP contribution in [0.1, 0.15) is 66.7 Å². The molecule has 11 atom stereocenters. The minimum absolute atomic E-state index is 0.170. The van der Waals surface area contributed by atoms with Crippen LogP contribution in [0.15, 0.2) is 0 Å². The lowest BCUT2D eigenvalue weighted by molar-refractivity contribution is -0.198. The summed E-state index contributed by atoms with van der Waals surface area (Å²) in [7, 11) is 0. The lowest BCUT2D eigenvalue weighted by Crippen LogP contribution is -2.60. The second-order valence-corrected chi connectivity index (χ2v) is 11.5. The van der Waals surface area contributed by atoms with E-state index in [4.69, 9.17) is 9.47 Å². The van der Waals surface area contributed by atoms with E-state index < -0.39 is 46.1 Å². The molecule has 5 unspecified atom stereocenters. The standard InChI is InChI=1S/C22H36O6/c1-11-27-16-9-21-10-19(4,25)12(17(21)24)6-7-13(21)20(5,26)14-8-15(23)18(2,3)22(14,16)28-11/h11-17,23-26H,6-10H2,1-5H3/t11?,12?,13-,14?,15-,16+,17-,19+,20+,21?,22?/m0/s1. The van der Waals surface area contributed by atoms with Crippen LogP contribution in [0.25, 0.3) is 0 Å². The molecule has 1 heterocycles. The van der Waals surface area contributed by atoms with Crippen molar-refractivity contribution in [2.24, 2.45) is 28.6 Å². The van der Waals surface area contributed by atoms with Crippen LogP contribution in [-0.4, -0.2) is 61.8 Å². The Balaban J connectivity index is 1.72. The van der Waals surface area contributed by atoms with Gasteiger partial charge in [-0.15, -0.1) is 0 Å². The summed E-state index contributed by atoms with van der Waals surface area (Å²) in [4.78, 5) is 0. The van der Waals surface area contributed by atoms with Crippen molar-refractivity contribution in [2.45, 2.75) is 108 Å². The van der Waals surface area contributed by atoms with Gasteiger partial charge in [0.2, 0.25) is 0 Å². The number of aliphatic hydroxyl groups is 4. The molecule has 0 aromatic carbocycles. The van der Waals surface area contributed by atoms with Crippen LogP contribution in [-0.2, 0) is 9.47 Å². The first-order chi connectivity index (χ1) is 12.8. The van der Waals surface area contributed by atoms with E-state index in [9.17, 15) is 20.4 Å². The molecule has 0 aromatic rings. The molecular weight excluding hydrogens is 360 g/mol. The molecular formula is C22H36O6. The van der Waals surface area contributed by atoms with Crippen LogP contribution in [0.4, 0.5) is 0 Å². The zero-order valence-electron chi connectivity index (χ0n) is 17.7.